The molecule has 4 aromatic rings. The van der Waals surface area contributed by atoms with Crippen molar-refractivity contribution in [3.63, 3.8) is 0 Å². The predicted octanol–water partition coefficient (Wildman–Crippen LogP) is 2.70. The molecule has 10 nitrogen and oxygen atoms in total. The number of carbonyl (C=O) groups is 1. The summed E-state index contributed by atoms with van der Waals surface area (Å²) in [5.41, 5.74) is 3.99. The van der Waals surface area contributed by atoms with Crippen molar-refractivity contribution in [1.29, 1.82) is 0 Å². The number of tetrazole rings is 1. The maximum absolute atomic E-state index is 13.2. The van der Waals surface area contributed by atoms with Gasteiger partial charge in [0.15, 0.2) is 0 Å². The van der Waals surface area contributed by atoms with Crippen LogP contribution < -0.4 is 10.2 Å². The molecule has 2 N–H and O–H groups in total. The third kappa shape index (κ3) is 3.89. The number of rotatable bonds is 5. The van der Waals surface area contributed by atoms with Crippen LogP contribution in [0.25, 0.3) is 16.9 Å². The lowest BCUT2D eigenvalue weighted by Gasteiger charge is -2.37. The quantitative estimate of drug-likeness (QED) is 0.452. The number of aliphatic hydroxyl groups is 1. The third-order valence-electron chi connectivity index (χ3n) is 6.54. The molecule has 0 unspecified atom stereocenters. The summed E-state index contributed by atoms with van der Waals surface area (Å²) in [5, 5.41) is 29.0. The topological polar surface area (TPSA) is 113 Å². The van der Waals surface area contributed by atoms with E-state index in [1.165, 1.54) is 11.0 Å². The Morgan fingerprint density at radius 2 is 2.00 bits per heavy atom. The molecule has 180 valence electrons. The molecule has 1 saturated heterocycles. The van der Waals surface area contributed by atoms with Gasteiger partial charge in [0.1, 0.15) is 0 Å². The van der Waals surface area contributed by atoms with Crippen LogP contribution in [0.3, 0.4) is 0 Å². The molecule has 35 heavy (non-hydrogen) atoms. The van der Waals surface area contributed by atoms with E-state index in [0.717, 1.165) is 11.3 Å². The lowest BCUT2D eigenvalue weighted by Crippen LogP contribution is -2.50. The predicted molar refractivity (Wildman–Crippen MR) is 123 cm³/mol. The number of carbonyl (C=O) groups excluding carboxylic acids is 1. The van der Waals surface area contributed by atoms with E-state index in [1.54, 1.807) is 22.8 Å². The number of nitrogens with one attached hydrogen (secondary N) is 1. The number of alkyl halides is 2. The second-order valence-corrected chi connectivity index (χ2v) is 9.17. The van der Waals surface area contributed by atoms with Gasteiger partial charge in [0, 0.05) is 49.1 Å². The number of nitrogens with zero attached hydrogens (tertiary/aromatic N) is 7. The number of aliphatic hydroxyl groups excluding tert-OH is 1. The number of benzene rings is 1. The molecule has 3 aromatic heterocycles. The molecule has 12 heteroatoms. The normalized spacial score (nSPS) is 17.9. The minimum Gasteiger partial charge on any atom is -0.389 e. The molecule has 1 aromatic carbocycles. The number of aryl methyl sites for hydroxylation is 1. The fourth-order valence-electron chi connectivity index (χ4n) is 4.38. The Morgan fingerprint density at radius 1 is 1.20 bits per heavy atom. The number of aromatic nitrogens is 6. The molecule has 1 aliphatic carbocycles. The van der Waals surface area contributed by atoms with Crippen molar-refractivity contribution in [2.45, 2.75) is 37.8 Å². The van der Waals surface area contributed by atoms with Gasteiger partial charge in [-0.3, -0.25) is 4.79 Å². The van der Waals surface area contributed by atoms with Crippen molar-refractivity contribution in [2.75, 3.05) is 23.3 Å². The summed E-state index contributed by atoms with van der Waals surface area (Å²) in [7, 11) is 0. The summed E-state index contributed by atoms with van der Waals surface area (Å²) in [6, 6.07) is 8.67. The molecule has 4 heterocycles. The molecule has 0 radical (unpaired) electrons. The van der Waals surface area contributed by atoms with Gasteiger partial charge < -0.3 is 15.3 Å². The summed E-state index contributed by atoms with van der Waals surface area (Å²) < 4.78 is 28.0. The molecule has 6 rings (SSSR count). The minimum atomic E-state index is -2.67. The second kappa shape index (κ2) is 7.80. The van der Waals surface area contributed by atoms with Crippen LogP contribution >= 0.6 is 0 Å². The average molecular weight is 480 g/mol. The highest BCUT2D eigenvalue weighted by Crippen LogP contribution is 2.44. The molecule has 0 bridgehead atoms. The molecule has 1 amide bonds. The van der Waals surface area contributed by atoms with Crippen molar-refractivity contribution in [3.8, 4) is 11.4 Å². The van der Waals surface area contributed by atoms with Crippen molar-refractivity contribution < 1.29 is 18.7 Å². The molecular formula is C23H22F2N8O2. The van der Waals surface area contributed by atoms with E-state index in [9.17, 15) is 18.7 Å². The van der Waals surface area contributed by atoms with Crippen LogP contribution in [-0.2, 0) is 0 Å². The molecule has 0 spiro atoms. The van der Waals surface area contributed by atoms with E-state index in [-0.39, 0.29) is 24.9 Å². The number of amides is 1. The van der Waals surface area contributed by atoms with Crippen LogP contribution in [0.2, 0.25) is 0 Å². The Morgan fingerprint density at radius 3 is 2.74 bits per heavy atom. The first-order chi connectivity index (χ1) is 16.8. The zero-order valence-electron chi connectivity index (χ0n) is 18.8. The lowest BCUT2D eigenvalue weighted by molar-refractivity contribution is -0.110. The monoisotopic (exact) mass is 480 g/mol. The van der Waals surface area contributed by atoms with Gasteiger partial charge in [-0.15, -0.1) is 10.2 Å². The highest BCUT2D eigenvalue weighted by Gasteiger charge is 2.47. The van der Waals surface area contributed by atoms with Crippen LogP contribution in [0.5, 0.6) is 0 Å². The first-order valence-electron chi connectivity index (χ1n) is 11.3. The fourth-order valence-corrected chi connectivity index (χ4v) is 4.38. The van der Waals surface area contributed by atoms with E-state index < -0.39 is 12.0 Å². The summed E-state index contributed by atoms with van der Waals surface area (Å²) in [4.78, 5) is 16.4. The van der Waals surface area contributed by atoms with Crippen LogP contribution in [-0.4, -0.2) is 66.0 Å². The van der Waals surface area contributed by atoms with Crippen LogP contribution in [0.15, 0.2) is 42.7 Å². The van der Waals surface area contributed by atoms with Gasteiger partial charge in [-0.1, -0.05) is 12.1 Å². The van der Waals surface area contributed by atoms with Gasteiger partial charge in [-0.2, -0.15) is 9.90 Å². The number of β-amino-alcohol motifs (C(OH)–C–C–N with tert-alkyl or cyclic N) is 1. The van der Waals surface area contributed by atoms with Gasteiger partial charge in [-0.05, 0) is 35.9 Å². The Bertz CT molecular complexity index is 1430. The molecule has 1 aliphatic heterocycles. The highest BCUT2D eigenvalue weighted by molar-refractivity contribution is 6.09. The first-order valence-corrected chi connectivity index (χ1v) is 11.3. The number of hydrogen-bond donors (Lipinski definition) is 2. The maximum atomic E-state index is 13.2. The van der Waals surface area contributed by atoms with Gasteiger partial charge >= 0.3 is 0 Å². The van der Waals surface area contributed by atoms with Gasteiger partial charge in [0.2, 0.25) is 5.82 Å². The number of pyridine rings is 1. The van der Waals surface area contributed by atoms with Crippen LogP contribution in [0.1, 0.15) is 34.8 Å². The van der Waals surface area contributed by atoms with E-state index >= 15 is 0 Å². The average Bonchev–Trinajstić information content (AvgIpc) is 3.44. The molecule has 2 fully saturated rings. The molecule has 1 saturated carbocycles. The lowest BCUT2D eigenvalue weighted by atomic mass is 9.89. The number of anilines is 2. The Labute approximate surface area is 198 Å². The number of fused-ring (bicyclic) bond motifs is 1. The summed E-state index contributed by atoms with van der Waals surface area (Å²) in [6.45, 7) is 2.98. The van der Waals surface area contributed by atoms with Crippen LogP contribution in [0, 0.1) is 6.92 Å². The largest absolute Gasteiger partial charge is 0.389 e. The van der Waals surface area contributed by atoms with Crippen molar-refractivity contribution >= 4 is 22.8 Å². The Kier molecular flexibility index (Phi) is 4.81. The van der Waals surface area contributed by atoms with Crippen molar-refractivity contribution in [3.05, 3.63) is 53.9 Å². The van der Waals surface area contributed by atoms with E-state index in [0.29, 0.717) is 41.2 Å². The summed E-state index contributed by atoms with van der Waals surface area (Å²) in [5.74, 6) is -2.70. The number of hydrogen-bond acceptors (Lipinski definition) is 7. The third-order valence-corrected chi connectivity index (χ3v) is 6.54. The standard InChI is InChI=1S/C23H22F2N8O2/c1-13-2-3-14(21-28-30-33(29-21)16-8-23(24,25)9-16)6-19(13)27-22(35)18-10-26-32-5-4-15(7-20(18)32)31-11-17(34)12-31/h2-7,10,16-17,34H,8-9,11-12H2,1H3,(H,27,35). The summed E-state index contributed by atoms with van der Waals surface area (Å²) in [6.07, 6.45) is 2.38. The fraction of sp³-hybridized carbons (Fsp3) is 0.348. The minimum absolute atomic E-state index is 0.294. The van der Waals surface area contributed by atoms with Gasteiger partial charge in [0.05, 0.1) is 29.4 Å². The summed E-state index contributed by atoms with van der Waals surface area (Å²) >= 11 is 0. The van der Waals surface area contributed by atoms with Gasteiger partial charge in [0.25, 0.3) is 11.8 Å². The van der Waals surface area contributed by atoms with E-state index in [1.807, 2.05) is 30.0 Å². The Hall–Kier alpha value is -3.93. The SMILES string of the molecule is Cc1ccc(-c2nnn(C3CC(F)(F)C3)n2)cc1NC(=O)c1cnn2ccc(N3CC(O)C3)cc12. The van der Waals surface area contributed by atoms with E-state index in [4.69, 9.17) is 0 Å². The van der Waals surface area contributed by atoms with Crippen LogP contribution in [0.4, 0.5) is 20.2 Å². The zero-order chi connectivity index (χ0) is 24.3. The smallest absolute Gasteiger partial charge is 0.259 e. The number of halogens is 2. The highest BCUT2D eigenvalue weighted by atomic mass is 19.3. The Balaban J connectivity index is 1.23. The van der Waals surface area contributed by atoms with E-state index in [2.05, 4.69) is 25.8 Å². The molecule has 0 atom stereocenters. The first kappa shape index (κ1) is 21.6. The maximum Gasteiger partial charge on any atom is 0.259 e. The van der Waals surface area contributed by atoms with Gasteiger partial charge in [-0.25, -0.2) is 13.3 Å². The van der Waals surface area contributed by atoms with Crippen molar-refractivity contribution in [2.24, 2.45) is 0 Å². The zero-order valence-corrected chi connectivity index (χ0v) is 18.8. The molecular weight excluding hydrogens is 458 g/mol. The molecule has 2 aliphatic rings. The second-order valence-electron chi connectivity index (χ2n) is 9.17. The van der Waals surface area contributed by atoms with Crippen molar-refractivity contribution in [1.82, 2.24) is 29.8 Å².